The van der Waals surface area contributed by atoms with Crippen LogP contribution in [0.1, 0.15) is 11.4 Å². The zero-order valence-corrected chi connectivity index (χ0v) is 11.6. The van der Waals surface area contributed by atoms with E-state index in [1.54, 1.807) is 35.2 Å². The van der Waals surface area contributed by atoms with Crippen molar-refractivity contribution in [3.8, 4) is 11.5 Å². The zero-order chi connectivity index (χ0) is 13.8. The van der Waals surface area contributed by atoms with Gasteiger partial charge in [0.05, 0.1) is 13.5 Å². The molecule has 0 bridgehead atoms. The topological polar surface area (TPSA) is 86.4 Å². The molecule has 0 spiro atoms. The summed E-state index contributed by atoms with van der Waals surface area (Å²) in [7, 11) is 1.48. The number of aliphatic carboxylic acids is 1. The maximum Gasteiger partial charge on any atom is 0.346 e. The Bertz CT molecular complexity index is 598. The first kappa shape index (κ1) is 15.8. The Labute approximate surface area is 122 Å². The second-order valence-electron chi connectivity index (χ2n) is 4.11. The standard InChI is InChI=1S/C13H14N2O4.ClH/c1-19-11-6-9(2-3-10(11)16)7-12-14-4-5-15(12)8-13(17)18;/h2-6H,7-8H2,1H3,(H2,16,17,18);1H. The highest BCUT2D eigenvalue weighted by Crippen LogP contribution is 2.26. The molecule has 0 atom stereocenters. The van der Waals surface area contributed by atoms with Crippen molar-refractivity contribution in [1.82, 2.24) is 4.98 Å². The number of nitrogens with one attached hydrogen (secondary N) is 1. The number of phenols is 1. The number of carboxylic acid groups (broad SMARTS) is 1. The van der Waals surface area contributed by atoms with Crippen molar-refractivity contribution in [3.05, 3.63) is 42.0 Å². The molecule has 0 amide bonds. The summed E-state index contributed by atoms with van der Waals surface area (Å²) in [6.45, 7) is -0.0892. The van der Waals surface area contributed by atoms with Gasteiger partial charge in [0.25, 0.3) is 5.82 Å². The zero-order valence-electron chi connectivity index (χ0n) is 10.8. The Balaban J connectivity index is 0.00000200. The fourth-order valence-corrected chi connectivity index (χ4v) is 1.87. The van der Waals surface area contributed by atoms with Crippen LogP contribution in [0, 0.1) is 0 Å². The average Bonchev–Trinajstić information content (AvgIpc) is 2.78. The van der Waals surface area contributed by atoms with Crippen LogP contribution in [0.3, 0.4) is 0 Å². The highest BCUT2D eigenvalue weighted by molar-refractivity contribution is 5.64. The molecule has 20 heavy (non-hydrogen) atoms. The van der Waals surface area contributed by atoms with Crippen LogP contribution >= 0.6 is 0 Å². The van der Waals surface area contributed by atoms with Crippen molar-refractivity contribution in [3.63, 3.8) is 0 Å². The third-order valence-electron chi connectivity index (χ3n) is 2.77. The normalized spacial score (nSPS) is 9.85. The van der Waals surface area contributed by atoms with Crippen molar-refractivity contribution in [2.45, 2.75) is 13.0 Å². The molecule has 0 saturated carbocycles. The number of phenolic OH excluding ortho intramolecular Hbond substituents is 1. The summed E-state index contributed by atoms with van der Waals surface area (Å²) in [5.41, 5.74) is 0.913. The van der Waals surface area contributed by atoms with Crippen molar-refractivity contribution < 1.29 is 36.7 Å². The number of H-pyrrole nitrogens is 1. The lowest BCUT2D eigenvalue weighted by Gasteiger charge is -2.05. The molecular weight excluding hydrogens is 284 g/mol. The Kier molecular flexibility index (Phi) is 5.40. The first-order valence-corrected chi connectivity index (χ1v) is 5.73. The molecule has 7 heteroatoms. The van der Waals surface area contributed by atoms with Gasteiger partial charge in [-0.15, -0.1) is 0 Å². The molecule has 6 nitrogen and oxygen atoms in total. The maximum absolute atomic E-state index is 10.7. The molecule has 0 fully saturated rings. The minimum absolute atomic E-state index is 0. The minimum atomic E-state index is -0.894. The number of ether oxygens (including phenoxy) is 1. The minimum Gasteiger partial charge on any atom is -1.00 e. The number of aromatic hydroxyl groups is 1. The molecule has 0 aliphatic rings. The highest BCUT2D eigenvalue weighted by atomic mass is 35.5. The van der Waals surface area contributed by atoms with Gasteiger partial charge in [-0.2, -0.15) is 0 Å². The van der Waals surface area contributed by atoms with E-state index in [1.165, 1.54) is 7.11 Å². The number of halogens is 1. The van der Waals surface area contributed by atoms with Crippen LogP contribution in [0.25, 0.3) is 0 Å². The monoisotopic (exact) mass is 298 g/mol. The number of hydrogen-bond donors (Lipinski definition) is 3. The van der Waals surface area contributed by atoms with E-state index in [9.17, 15) is 9.90 Å². The number of imidazole rings is 1. The summed E-state index contributed by atoms with van der Waals surface area (Å²) in [6.07, 6.45) is 3.90. The van der Waals surface area contributed by atoms with E-state index >= 15 is 0 Å². The van der Waals surface area contributed by atoms with E-state index < -0.39 is 5.97 Å². The second-order valence-corrected chi connectivity index (χ2v) is 4.11. The quantitative estimate of drug-likeness (QED) is 0.542. The number of hydrogen-bond acceptors (Lipinski definition) is 3. The molecule has 0 saturated heterocycles. The molecule has 2 aromatic rings. The van der Waals surface area contributed by atoms with E-state index in [4.69, 9.17) is 9.84 Å². The van der Waals surface area contributed by atoms with Gasteiger partial charge < -0.3 is 27.4 Å². The number of aromatic nitrogens is 2. The Morgan fingerprint density at radius 3 is 2.85 bits per heavy atom. The van der Waals surface area contributed by atoms with Crippen LogP contribution < -0.4 is 21.7 Å². The molecule has 2 rings (SSSR count). The van der Waals surface area contributed by atoms with Crippen LogP contribution in [0.2, 0.25) is 0 Å². The summed E-state index contributed by atoms with van der Waals surface area (Å²) in [5, 5.41) is 18.3. The van der Waals surface area contributed by atoms with Gasteiger partial charge in [0.1, 0.15) is 12.4 Å². The SMILES string of the molecule is COc1cc(Cc2[nH]cc[n+]2CC(=O)O)ccc1O.[Cl-]. The first-order valence-electron chi connectivity index (χ1n) is 5.73. The number of rotatable bonds is 5. The largest absolute Gasteiger partial charge is 1.00 e. The smallest absolute Gasteiger partial charge is 0.346 e. The highest BCUT2D eigenvalue weighted by Gasteiger charge is 2.15. The Morgan fingerprint density at radius 1 is 1.45 bits per heavy atom. The van der Waals surface area contributed by atoms with Crippen LogP contribution in [-0.4, -0.2) is 28.3 Å². The van der Waals surface area contributed by atoms with Crippen LogP contribution in [0.15, 0.2) is 30.6 Å². The molecule has 3 N–H and O–H groups in total. The number of nitrogens with zero attached hydrogens (tertiary/aromatic N) is 1. The summed E-state index contributed by atoms with van der Waals surface area (Å²) in [6, 6.07) is 5.05. The predicted molar refractivity (Wildman–Crippen MR) is 66.1 cm³/mol. The lowest BCUT2D eigenvalue weighted by Crippen LogP contribution is -3.00. The van der Waals surface area contributed by atoms with E-state index in [-0.39, 0.29) is 24.7 Å². The molecule has 0 unspecified atom stereocenters. The second kappa shape index (κ2) is 6.81. The fraction of sp³-hybridized carbons (Fsp3) is 0.231. The lowest BCUT2D eigenvalue weighted by molar-refractivity contribution is -0.691. The molecule has 0 radical (unpaired) electrons. The van der Waals surface area contributed by atoms with Gasteiger partial charge in [0.15, 0.2) is 18.0 Å². The van der Waals surface area contributed by atoms with Crippen LogP contribution in [0.4, 0.5) is 0 Å². The molecule has 0 aliphatic carbocycles. The molecule has 1 heterocycles. The molecule has 1 aromatic heterocycles. The van der Waals surface area contributed by atoms with Crippen molar-refractivity contribution in [2.24, 2.45) is 0 Å². The molecule has 1 aromatic carbocycles. The van der Waals surface area contributed by atoms with E-state index in [2.05, 4.69) is 4.98 Å². The summed E-state index contributed by atoms with van der Waals surface area (Å²) >= 11 is 0. The van der Waals surface area contributed by atoms with Gasteiger partial charge in [0, 0.05) is 0 Å². The lowest BCUT2D eigenvalue weighted by atomic mass is 10.1. The van der Waals surface area contributed by atoms with E-state index in [1.807, 2.05) is 0 Å². The Hall–Kier alpha value is -2.21. The molecule has 108 valence electrons. The van der Waals surface area contributed by atoms with Gasteiger partial charge >= 0.3 is 5.97 Å². The molecular formula is C13H15ClN2O4. The third-order valence-corrected chi connectivity index (χ3v) is 2.77. The first-order chi connectivity index (χ1) is 9.10. The number of benzene rings is 1. The average molecular weight is 299 g/mol. The fourth-order valence-electron chi connectivity index (χ4n) is 1.87. The van der Waals surface area contributed by atoms with Crippen molar-refractivity contribution in [2.75, 3.05) is 7.11 Å². The Morgan fingerprint density at radius 2 is 2.20 bits per heavy atom. The van der Waals surface area contributed by atoms with Gasteiger partial charge in [0.2, 0.25) is 0 Å². The van der Waals surface area contributed by atoms with Gasteiger partial charge in [-0.05, 0) is 17.7 Å². The van der Waals surface area contributed by atoms with Gasteiger partial charge in [-0.25, -0.2) is 14.3 Å². The van der Waals surface area contributed by atoms with Gasteiger partial charge in [-0.3, -0.25) is 0 Å². The number of methoxy groups -OCH3 is 1. The predicted octanol–water partition coefficient (Wildman–Crippen LogP) is -2.30. The van der Waals surface area contributed by atoms with Crippen LogP contribution in [0.5, 0.6) is 11.5 Å². The van der Waals surface area contributed by atoms with Crippen LogP contribution in [-0.2, 0) is 17.8 Å². The summed E-state index contributed by atoms with van der Waals surface area (Å²) in [5.74, 6) is 0.356. The van der Waals surface area contributed by atoms with Crippen molar-refractivity contribution >= 4 is 5.97 Å². The van der Waals surface area contributed by atoms with E-state index in [0.29, 0.717) is 12.2 Å². The molecule has 0 aliphatic heterocycles. The number of aromatic amines is 1. The summed E-state index contributed by atoms with van der Waals surface area (Å²) in [4.78, 5) is 13.7. The number of carboxylic acids is 1. The van der Waals surface area contributed by atoms with E-state index in [0.717, 1.165) is 11.4 Å². The third kappa shape index (κ3) is 3.64. The number of carbonyl (C=O) groups is 1. The van der Waals surface area contributed by atoms with Crippen molar-refractivity contribution in [1.29, 1.82) is 0 Å². The summed E-state index contributed by atoms with van der Waals surface area (Å²) < 4.78 is 6.67. The maximum atomic E-state index is 10.7. The van der Waals surface area contributed by atoms with Gasteiger partial charge in [-0.1, -0.05) is 6.07 Å².